The third-order valence-electron chi connectivity index (χ3n) is 6.88. The Hall–Kier alpha value is -2.58. The van der Waals surface area contributed by atoms with Crippen LogP contribution in [0.2, 0.25) is 5.02 Å². The molecule has 3 heterocycles. The minimum Gasteiger partial charge on any atom is -0.381 e. The highest BCUT2D eigenvalue weighted by Gasteiger charge is 2.33. The molecule has 0 unspecified atom stereocenters. The predicted octanol–water partition coefficient (Wildman–Crippen LogP) is 3.51. The normalized spacial score (nSPS) is 17.8. The molecule has 1 aliphatic heterocycles. The number of nitrogens with zero attached hydrogens (tertiary/aromatic N) is 3. The molecule has 1 aliphatic carbocycles. The molecule has 0 bridgehead atoms. The summed E-state index contributed by atoms with van der Waals surface area (Å²) in [4.78, 5) is 35.2. The predicted molar refractivity (Wildman–Crippen MR) is 127 cm³/mol. The first-order chi connectivity index (χ1) is 15.7. The lowest BCUT2D eigenvalue weighted by Gasteiger charge is -2.35. The van der Waals surface area contributed by atoms with E-state index in [0.29, 0.717) is 42.3 Å². The Kier molecular flexibility index (Phi) is 5.61. The van der Waals surface area contributed by atoms with E-state index in [1.807, 2.05) is 6.07 Å². The van der Waals surface area contributed by atoms with Gasteiger partial charge in [0.2, 0.25) is 5.95 Å². The van der Waals surface area contributed by atoms with E-state index >= 15 is 0 Å². The third kappa shape index (κ3) is 4.46. The monoisotopic (exact) mass is 471 g/mol. The molecule has 1 saturated carbocycles. The molecule has 2 fully saturated rings. The lowest BCUT2D eigenvalue weighted by Crippen LogP contribution is -2.48. The van der Waals surface area contributed by atoms with Crippen LogP contribution in [0.15, 0.2) is 23.0 Å². The Morgan fingerprint density at radius 2 is 1.97 bits per heavy atom. The van der Waals surface area contributed by atoms with Gasteiger partial charge in [-0.25, -0.2) is 4.98 Å². The van der Waals surface area contributed by atoms with Gasteiger partial charge < -0.3 is 15.0 Å². The van der Waals surface area contributed by atoms with Gasteiger partial charge in [0.15, 0.2) is 0 Å². The molecule has 0 spiro atoms. The van der Waals surface area contributed by atoms with Gasteiger partial charge in [-0.1, -0.05) is 11.6 Å². The molecule has 0 atom stereocenters. The van der Waals surface area contributed by atoms with Gasteiger partial charge in [-0.2, -0.15) is 4.68 Å². The number of halogens is 1. The second-order valence-corrected chi connectivity index (χ2v) is 10.4. The average Bonchev–Trinajstić information content (AvgIpc) is 3.45. The van der Waals surface area contributed by atoms with Gasteiger partial charge >= 0.3 is 0 Å². The number of rotatable bonds is 6. The van der Waals surface area contributed by atoms with Crippen LogP contribution in [0, 0.1) is 5.92 Å². The van der Waals surface area contributed by atoms with E-state index in [1.165, 1.54) is 18.5 Å². The Bertz CT molecular complexity index is 1240. The molecular weight excluding hydrogens is 442 g/mol. The van der Waals surface area contributed by atoms with Crippen LogP contribution in [0.25, 0.3) is 17.0 Å². The molecule has 1 amide bonds. The second-order valence-electron chi connectivity index (χ2n) is 9.97. The topological polar surface area (TPSA) is 107 Å². The van der Waals surface area contributed by atoms with E-state index in [9.17, 15) is 14.7 Å². The zero-order valence-corrected chi connectivity index (χ0v) is 19.8. The van der Waals surface area contributed by atoms with E-state index in [1.54, 1.807) is 17.0 Å². The van der Waals surface area contributed by atoms with Crippen LogP contribution in [0.4, 0.5) is 0 Å². The maximum atomic E-state index is 13.4. The quantitative estimate of drug-likeness (QED) is 0.511. The largest absolute Gasteiger partial charge is 0.381 e. The summed E-state index contributed by atoms with van der Waals surface area (Å²) in [7, 11) is 0. The minimum absolute atomic E-state index is 0.0447. The van der Waals surface area contributed by atoms with Crippen molar-refractivity contribution in [2.45, 2.75) is 63.9 Å². The molecule has 176 valence electrons. The summed E-state index contributed by atoms with van der Waals surface area (Å²) in [5, 5.41) is 13.9. The van der Waals surface area contributed by atoms with Gasteiger partial charge in [-0.15, -0.1) is 0 Å². The highest BCUT2D eigenvalue weighted by atomic mass is 35.5. The molecule has 1 aromatic carbocycles. The van der Waals surface area contributed by atoms with Crippen LogP contribution in [0.3, 0.4) is 0 Å². The number of fused-ring (bicyclic) bond motifs is 1. The lowest BCUT2D eigenvalue weighted by molar-refractivity contribution is -0.149. The first-order valence-electron chi connectivity index (χ1n) is 11.7. The number of imidazole rings is 1. The molecule has 5 rings (SSSR count). The number of hydrogen-bond donors (Lipinski definition) is 3. The van der Waals surface area contributed by atoms with Gasteiger partial charge in [-0.3, -0.25) is 14.7 Å². The number of piperidine rings is 1. The Morgan fingerprint density at radius 1 is 1.24 bits per heavy atom. The average molecular weight is 472 g/mol. The molecule has 9 heteroatoms. The number of carbonyl (C=O) groups excluding carboxylic acids is 1. The number of aromatic nitrogens is 4. The fraction of sp³-hybridized carbons (Fsp3) is 0.542. The summed E-state index contributed by atoms with van der Waals surface area (Å²) in [5.41, 5.74) is 2.07. The van der Waals surface area contributed by atoms with Gasteiger partial charge in [0.1, 0.15) is 5.60 Å². The standard InChI is InChI=1S/C24H30ClN5O3/c1-24(2,33)22(32)29-11-9-14(10-12-29)3-7-17-20(15-4-5-15)28-30(21(17)31)23-26-18-8-6-16(25)13-19(18)27-23/h6,8,13-15,28,33H,3-5,7,9-12H2,1-2H3,(H,26,27). The zero-order chi connectivity index (χ0) is 23.3. The van der Waals surface area contributed by atoms with Crippen molar-refractivity contribution in [3.63, 3.8) is 0 Å². The van der Waals surface area contributed by atoms with Gasteiger partial charge in [0, 0.05) is 35.3 Å². The van der Waals surface area contributed by atoms with Crippen molar-refractivity contribution >= 4 is 28.5 Å². The summed E-state index contributed by atoms with van der Waals surface area (Å²) >= 11 is 6.09. The van der Waals surface area contributed by atoms with Crippen molar-refractivity contribution in [3.05, 3.63) is 44.8 Å². The molecule has 1 saturated heterocycles. The SMILES string of the molecule is CC(C)(O)C(=O)N1CCC(CCc2c(C3CC3)[nH]n(-c3nc4ccc(Cl)cc4[nH]3)c2=O)CC1. The number of aromatic amines is 2. The van der Waals surface area contributed by atoms with Crippen molar-refractivity contribution in [1.82, 2.24) is 24.6 Å². The summed E-state index contributed by atoms with van der Waals surface area (Å²) < 4.78 is 1.53. The molecule has 0 radical (unpaired) electrons. The van der Waals surface area contributed by atoms with E-state index in [4.69, 9.17) is 11.6 Å². The Labute approximate surface area is 196 Å². The molecule has 2 aromatic heterocycles. The molecule has 3 aromatic rings. The summed E-state index contributed by atoms with van der Waals surface area (Å²) in [6, 6.07) is 5.43. The second kappa shape index (κ2) is 8.33. The smallest absolute Gasteiger partial charge is 0.277 e. The number of carbonyl (C=O) groups is 1. The maximum absolute atomic E-state index is 13.4. The summed E-state index contributed by atoms with van der Waals surface area (Å²) in [5.74, 6) is 1.14. The summed E-state index contributed by atoms with van der Waals surface area (Å²) in [6.07, 6.45) is 5.60. The third-order valence-corrected chi connectivity index (χ3v) is 7.11. The number of H-pyrrole nitrogens is 2. The number of aliphatic hydroxyl groups is 1. The van der Waals surface area contributed by atoms with Crippen LogP contribution >= 0.6 is 11.6 Å². The van der Waals surface area contributed by atoms with Crippen LogP contribution in [0.5, 0.6) is 0 Å². The minimum atomic E-state index is -1.33. The van der Waals surface area contributed by atoms with Crippen LogP contribution in [-0.4, -0.2) is 54.4 Å². The van der Waals surface area contributed by atoms with Gasteiger partial charge in [0.05, 0.1) is 11.0 Å². The van der Waals surface area contributed by atoms with Gasteiger partial charge in [0.25, 0.3) is 11.5 Å². The Morgan fingerprint density at radius 3 is 2.64 bits per heavy atom. The van der Waals surface area contributed by atoms with Crippen molar-refractivity contribution in [2.75, 3.05) is 13.1 Å². The number of nitrogens with one attached hydrogen (secondary N) is 2. The highest BCUT2D eigenvalue weighted by Crippen LogP contribution is 2.40. The first-order valence-corrected chi connectivity index (χ1v) is 12.1. The highest BCUT2D eigenvalue weighted by molar-refractivity contribution is 6.31. The van der Waals surface area contributed by atoms with E-state index < -0.39 is 5.60 Å². The fourth-order valence-corrected chi connectivity index (χ4v) is 5.00. The van der Waals surface area contributed by atoms with Gasteiger partial charge in [-0.05, 0) is 76.5 Å². The first kappa shape index (κ1) is 22.2. The molecule has 8 nitrogen and oxygen atoms in total. The van der Waals surface area contributed by atoms with E-state index in [-0.39, 0.29) is 11.5 Å². The van der Waals surface area contributed by atoms with Crippen LogP contribution in [-0.2, 0) is 11.2 Å². The summed E-state index contributed by atoms with van der Waals surface area (Å²) in [6.45, 7) is 4.38. The van der Waals surface area contributed by atoms with E-state index in [2.05, 4.69) is 15.1 Å². The number of benzene rings is 1. The van der Waals surface area contributed by atoms with Crippen molar-refractivity contribution in [1.29, 1.82) is 0 Å². The van der Waals surface area contributed by atoms with Crippen molar-refractivity contribution < 1.29 is 9.90 Å². The van der Waals surface area contributed by atoms with E-state index in [0.717, 1.165) is 54.4 Å². The molecular formula is C24H30ClN5O3. The molecule has 3 N–H and O–H groups in total. The lowest BCUT2D eigenvalue weighted by atomic mass is 9.89. The zero-order valence-electron chi connectivity index (χ0n) is 19.0. The molecule has 33 heavy (non-hydrogen) atoms. The number of amides is 1. The van der Waals surface area contributed by atoms with Crippen LogP contribution < -0.4 is 5.56 Å². The van der Waals surface area contributed by atoms with Crippen molar-refractivity contribution in [3.8, 4) is 5.95 Å². The maximum Gasteiger partial charge on any atom is 0.277 e. The Balaban J connectivity index is 1.31. The number of hydrogen-bond acceptors (Lipinski definition) is 4. The van der Waals surface area contributed by atoms with Crippen molar-refractivity contribution in [2.24, 2.45) is 5.92 Å². The van der Waals surface area contributed by atoms with Crippen LogP contribution in [0.1, 0.15) is 63.1 Å². The fourth-order valence-electron chi connectivity index (χ4n) is 4.82. The number of likely N-dealkylation sites (tertiary alicyclic amines) is 1. The molecule has 2 aliphatic rings.